The quantitative estimate of drug-likeness (QED) is 0.588. The van der Waals surface area contributed by atoms with E-state index in [1.165, 1.54) is 5.56 Å². The van der Waals surface area contributed by atoms with Gasteiger partial charge in [-0.1, -0.05) is 30.3 Å². The molecule has 3 aromatic rings. The summed E-state index contributed by atoms with van der Waals surface area (Å²) in [4.78, 5) is 19.0. The monoisotopic (exact) mass is 375 g/mol. The fraction of sp³-hybridized carbons (Fsp3) is 0.304. The topological polar surface area (TPSA) is 47.4 Å². The summed E-state index contributed by atoms with van der Waals surface area (Å²) in [5.74, 6) is 2.10. The summed E-state index contributed by atoms with van der Waals surface area (Å²) in [5, 5.41) is 0. The van der Waals surface area contributed by atoms with E-state index < -0.39 is 0 Å². The van der Waals surface area contributed by atoms with Crippen molar-refractivity contribution in [3.63, 3.8) is 0 Å². The number of rotatable bonds is 7. The normalized spacial score (nSPS) is 16.7. The number of likely N-dealkylation sites (tertiary alicyclic amines) is 1. The fourth-order valence-corrected chi connectivity index (χ4v) is 3.88. The minimum atomic E-state index is 0.0961. The highest BCUT2D eigenvalue weighted by Crippen LogP contribution is 2.30. The average molecular weight is 375 g/mol. The van der Waals surface area contributed by atoms with E-state index in [1.807, 2.05) is 41.3 Å². The van der Waals surface area contributed by atoms with Gasteiger partial charge in [0.05, 0.1) is 17.6 Å². The summed E-state index contributed by atoms with van der Waals surface area (Å²) in [6.45, 7) is 8.33. The van der Waals surface area contributed by atoms with Crippen molar-refractivity contribution in [1.82, 2.24) is 14.5 Å². The molecule has 0 saturated carbocycles. The number of aryl methyl sites for hydroxylation is 1. The molecule has 1 saturated heterocycles. The third-order valence-corrected chi connectivity index (χ3v) is 5.19. The van der Waals surface area contributed by atoms with Gasteiger partial charge in [0.25, 0.3) is 0 Å². The van der Waals surface area contributed by atoms with E-state index in [4.69, 9.17) is 9.72 Å². The van der Waals surface area contributed by atoms with Crippen molar-refractivity contribution in [2.75, 3.05) is 19.7 Å². The molecule has 2 aromatic carbocycles. The number of ether oxygens (including phenoxy) is 1. The van der Waals surface area contributed by atoms with E-state index in [9.17, 15) is 4.79 Å². The number of carbonyl (C=O) groups excluding carboxylic acids is 1. The molecule has 144 valence electrons. The van der Waals surface area contributed by atoms with Crippen LogP contribution in [0.25, 0.3) is 11.0 Å². The molecule has 5 heteroatoms. The molecule has 1 atom stereocenters. The number of amides is 1. The van der Waals surface area contributed by atoms with Gasteiger partial charge in [-0.3, -0.25) is 4.79 Å². The van der Waals surface area contributed by atoms with E-state index >= 15 is 0 Å². The molecule has 1 aliphatic heterocycles. The Morgan fingerprint density at radius 3 is 2.93 bits per heavy atom. The molecule has 1 amide bonds. The molecule has 0 aliphatic carbocycles. The molecule has 28 heavy (non-hydrogen) atoms. The maximum atomic E-state index is 12.3. The van der Waals surface area contributed by atoms with Gasteiger partial charge in [0.2, 0.25) is 5.91 Å². The predicted octanol–water partition coefficient (Wildman–Crippen LogP) is 3.93. The van der Waals surface area contributed by atoms with Gasteiger partial charge in [-0.2, -0.15) is 0 Å². The second-order valence-electron chi connectivity index (χ2n) is 7.26. The lowest BCUT2D eigenvalue weighted by Gasteiger charge is -2.16. The molecule has 1 unspecified atom stereocenters. The zero-order chi connectivity index (χ0) is 19.5. The van der Waals surface area contributed by atoms with Crippen LogP contribution in [0.15, 0.2) is 61.2 Å². The van der Waals surface area contributed by atoms with Crippen LogP contribution in [0.1, 0.15) is 23.7 Å². The highest BCUT2D eigenvalue weighted by atomic mass is 16.5. The Morgan fingerprint density at radius 1 is 1.25 bits per heavy atom. The minimum absolute atomic E-state index is 0.0961. The van der Waals surface area contributed by atoms with Gasteiger partial charge >= 0.3 is 0 Å². The van der Waals surface area contributed by atoms with Gasteiger partial charge in [0.15, 0.2) is 0 Å². The van der Waals surface area contributed by atoms with Crippen molar-refractivity contribution in [1.29, 1.82) is 0 Å². The molecule has 0 bridgehead atoms. The largest absolute Gasteiger partial charge is 0.492 e. The zero-order valence-electron chi connectivity index (χ0n) is 16.2. The Labute approximate surface area is 165 Å². The second-order valence-corrected chi connectivity index (χ2v) is 7.26. The predicted molar refractivity (Wildman–Crippen MR) is 111 cm³/mol. The summed E-state index contributed by atoms with van der Waals surface area (Å²) in [5.41, 5.74) is 3.22. The van der Waals surface area contributed by atoms with E-state index in [0.29, 0.717) is 32.7 Å². The number of fused-ring (bicyclic) bond motifs is 1. The zero-order valence-corrected chi connectivity index (χ0v) is 16.2. The lowest BCUT2D eigenvalue weighted by Crippen LogP contribution is -2.25. The third-order valence-electron chi connectivity index (χ3n) is 5.19. The van der Waals surface area contributed by atoms with Crippen molar-refractivity contribution in [3.8, 4) is 5.75 Å². The summed E-state index contributed by atoms with van der Waals surface area (Å²) < 4.78 is 8.18. The Balaban J connectivity index is 1.57. The van der Waals surface area contributed by atoms with Gasteiger partial charge in [0.1, 0.15) is 18.2 Å². The van der Waals surface area contributed by atoms with Crippen LogP contribution in [0.4, 0.5) is 0 Å². The number of imidazole rings is 1. The molecule has 2 heterocycles. The first-order chi connectivity index (χ1) is 13.7. The number of carbonyl (C=O) groups is 1. The van der Waals surface area contributed by atoms with Crippen LogP contribution < -0.4 is 4.74 Å². The van der Waals surface area contributed by atoms with Crippen molar-refractivity contribution in [3.05, 3.63) is 72.6 Å². The van der Waals surface area contributed by atoms with Gasteiger partial charge in [-0.25, -0.2) is 4.98 Å². The molecule has 1 aliphatic rings. The standard InChI is InChI=1S/C23H25N3O2/c1-3-11-25-16-18(15-22(25)27)23-24-20-9-4-5-10-21(20)26(23)12-13-28-19-8-6-7-17(2)14-19/h3-10,14,18H,1,11-13,15-16H2,2H3. The number of para-hydroxylation sites is 2. The smallest absolute Gasteiger partial charge is 0.223 e. The first-order valence-corrected chi connectivity index (χ1v) is 9.69. The van der Waals surface area contributed by atoms with Crippen LogP contribution in [0.2, 0.25) is 0 Å². The number of nitrogens with zero attached hydrogens (tertiary/aromatic N) is 3. The van der Waals surface area contributed by atoms with Crippen LogP contribution in [0.5, 0.6) is 5.75 Å². The van der Waals surface area contributed by atoms with Crippen molar-refractivity contribution in [2.24, 2.45) is 0 Å². The van der Waals surface area contributed by atoms with Crippen LogP contribution in [-0.2, 0) is 11.3 Å². The molecule has 1 aromatic heterocycles. The average Bonchev–Trinajstić information content (AvgIpc) is 3.23. The van der Waals surface area contributed by atoms with E-state index in [2.05, 4.69) is 30.2 Å². The van der Waals surface area contributed by atoms with Crippen LogP contribution in [0, 0.1) is 6.92 Å². The Hall–Kier alpha value is -3.08. The Morgan fingerprint density at radius 2 is 2.11 bits per heavy atom. The highest BCUT2D eigenvalue weighted by molar-refractivity contribution is 5.81. The number of benzene rings is 2. The minimum Gasteiger partial charge on any atom is -0.492 e. The number of hydrogen-bond acceptors (Lipinski definition) is 3. The van der Waals surface area contributed by atoms with Gasteiger partial charge in [0, 0.05) is 25.4 Å². The summed E-state index contributed by atoms with van der Waals surface area (Å²) >= 11 is 0. The molecular weight excluding hydrogens is 350 g/mol. The molecule has 0 N–H and O–H groups in total. The van der Waals surface area contributed by atoms with Crippen LogP contribution in [0.3, 0.4) is 0 Å². The SMILES string of the molecule is C=CCN1CC(c2nc3ccccc3n2CCOc2cccc(C)c2)CC1=O. The Kier molecular flexibility index (Phi) is 5.15. The molecule has 4 rings (SSSR count). The lowest BCUT2D eigenvalue weighted by molar-refractivity contribution is -0.127. The van der Waals surface area contributed by atoms with Crippen molar-refractivity contribution >= 4 is 16.9 Å². The molecule has 5 nitrogen and oxygen atoms in total. The highest BCUT2D eigenvalue weighted by Gasteiger charge is 2.33. The third kappa shape index (κ3) is 3.65. The molecule has 0 spiro atoms. The van der Waals surface area contributed by atoms with Crippen molar-refractivity contribution in [2.45, 2.75) is 25.8 Å². The molecule has 1 fully saturated rings. The summed E-state index contributed by atoms with van der Waals surface area (Å²) in [7, 11) is 0. The molecular formula is C23H25N3O2. The van der Waals surface area contributed by atoms with Crippen LogP contribution >= 0.6 is 0 Å². The number of hydrogen-bond donors (Lipinski definition) is 0. The summed E-state index contributed by atoms with van der Waals surface area (Å²) in [6.07, 6.45) is 2.27. The van der Waals surface area contributed by atoms with Gasteiger partial charge < -0.3 is 14.2 Å². The van der Waals surface area contributed by atoms with Crippen LogP contribution in [-0.4, -0.2) is 40.1 Å². The maximum Gasteiger partial charge on any atom is 0.223 e. The lowest BCUT2D eigenvalue weighted by atomic mass is 10.1. The van der Waals surface area contributed by atoms with Gasteiger partial charge in [-0.15, -0.1) is 6.58 Å². The Bertz CT molecular complexity index is 1010. The van der Waals surface area contributed by atoms with Gasteiger partial charge in [-0.05, 0) is 36.8 Å². The number of aromatic nitrogens is 2. The van der Waals surface area contributed by atoms with Crippen molar-refractivity contribution < 1.29 is 9.53 Å². The second kappa shape index (κ2) is 7.89. The fourth-order valence-electron chi connectivity index (χ4n) is 3.88. The maximum absolute atomic E-state index is 12.3. The van der Waals surface area contributed by atoms with E-state index in [-0.39, 0.29) is 11.8 Å². The first-order valence-electron chi connectivity index (χ1n) is 9.69. The van der Waals surface area contributed by atoms with E-state index in [1.54, 1.807) is 6.08 Å². The first kappa shape index (κ1) is 18.3. The summed E-state index contributed by atoms with van der Waals surface area (Å²) in [6, 6.07) is 16.2. The van der Waals surface area contributed by atoms with E-state index in [0.717, 1.165) is 22.6 Å². The molecule has 0 radical (unpaired) electrons.